The van der Waals surface area contributed by atoms with Crippen molar-refractivity contribution in [2.45, 2.75) is 0 Å². The van der Waals surface area contributed by atoms with Gasteiger partial charge in [0.2, 0.25) is 0 Å². The average molecular weight is 238 g/mol. The lowest BCUT2D eigenvalue weighted by Crippen LogP contribution is -2.07. The molecule has 1 aromatic rings. The number of nitrogens with zero attached hydrogens (tertiary/aromatic N) is 1. The molecule has 0 bridgehead atoms. The number of ether oxygens (including phenoxy) is 1. The highest BCUT2D eigenvalue weighted by molar-refractivity contribution is 6.31. The van der Waals surface area contributed by atoms with Gasteiger partial charge in [0.1, 0.15) is 5.75 Å². The second-order valence-corrected chi connectivity index (χ2v) is 3.19. The Morgan fingerprint density at radius 2 is 2.31 bits per heavy atom. The summed E-state index contributed by atoms with van der Waals surface area (Å²) in [5.74, 6) is -0.472. The number of alkyl halides is 1. The highest BCUT2D eigenvalue weighted by Crippen LogP contribution is 2.23. The molecule has 0 aliphatic rings. The summed E-state index contributed by atoms with van der Waals surface area (Å²) < 4.78 is 4.94. The zero-order valence-electron chi connectivity index (χ0n) is 8.49. The van der Waals surface area contributed by atoms with Gasteiger partial charge in [-0.05, 0) is 12.1 Å². The highest BCUT2D eigenvalue weighted by Gasteiger charge is 2.16. The molecule has 5 heteroatoms. The number of hydrogen-bond acceptors (Lipinski definition) is 4. The molecule has 82 valence electrons. The smallest absolute Gasteiger partial charge is 0.178 e. The number of rotatable bonds is 4. The van der Waals surface area contributed by atoms with E-state index in [4.69, 9.17) is 21.6 Å². The van der Waals surface area contributed by atoms with Crippen LogP contribution in [-0.2, 0) is 0 Å². The first-order valence-electron chi connectivity index (χ1n) is 4.34. The summed E-state index contributed by atoms with van der Waals surface area (Å²) in [7, 11) is 1.36. The van der Waals surface area contributed by atoms with Crippen molar-refractivity contribution >= 4 is 23.7 Å². The Kier molecular flexibility index (Phi) is 4.03. The van der Waals surface area contributed by atoms with Crippen molar-refractivity contribution < 1.29 is 14.3 Å². The lowest BCUT2D eigenvalue weighted by Gasteiger charge is -2.08. The molecule has 0 unspecified atom stereocenters. The number of carbonyl (C=O) groups is 2. The summed E-state index contributed by atoms with van der Waals surface area (Å²) in [6, 6.07) is 4.61. The van der Waals surface area contributed by atoms with Gasteiger partial charge < -0.3 is 4.74 Å². The fraction of sp³-hybridized carbons (Fsp3) is 0.182. The van der Waals surface area contributed by atoms with Crippen LogP contribution in [0.3, 0.4) is 0 Å². The van der Waals surface area contributed by atoms with Gasteiger partial charge in [-0.2, -0.15) is 5.26 Å². The number of Topliss-reactive ketones (excluding diaryl/α,β-unsaturated/α-hetero) is 1. The quantitative estimate of drug-likeness (QED) is 0.455. The molecule has 0 aliphatic carbocycles. The number of carbonyl (C=O) groups excluding carboxylic acids is 2. The first kappa shape index (κ1) is 12.2. The number of hydrogen-bond donors (Lipinski definition) is 0. The van der Waals surface area contributed by atoms with Crippen LogP contribution in [0.4, 0.5) is 0 Å². The van der Waals surface area contributed by atoms with Crippen molar-refractivity contribution in [2.75, 3.05) is 13.0 Å². The fourth-order valence-electron chi connectivity index (χ4n) is 1.28. The van der Waals surface area contributed by atoms with E-state index >= 15 is 0 Å². The van der Waals surface area contributed by atoms with Crippen molar-refractivity contribution in [1.29, 1.82) is 5.26 Å². The molecule has 0 radical (unpaired) electrons. The van der Waals surface area contributed by atoms with E-state index in [2.05, 4.69) is 0 Å². The van der Waals surface area contributed by atoms with Crippen molar-refractivity contribution in [3.63, 3.8) is 0 Å². The van der Waals surface area contributed by atoms with Crippen LogP contribution in [0.25, 0.3) is 0 Å². The number of aldehydes is 1. The molecule has 0 saturated heterocycles. The molecule has 1 aromatic carbocycles. The van der Waals surface area contributed by atoms with Gasteiger partial charge in [0.05, 0.1) is 30.2 Å². The largest absolute Gasteiger partial charge is 0.496 e. The third-order valence-corrected chi connectivity index (χ3v) is 2.27. The van der Waals surface area contributed by atoms with E-state index in [9.17, 15) is 9.59 Å². The van der Waals surface area contributed by atoms with Crippen LogP contribution in [0.15, 0.2) is 12.1 Å². The van der Waals surface area contributed by atoms with E-state index in [1.165, 1.54) is 19.2 Å². The molecule has 1 rings (SSSR count). The van der Waals surface area contributed by atoms with E-state index in [-0.39, 0.29) is 28.3 Å². The second-order valence-electron chi connectivity index (χ2n) is 2.93. The van der Waals surface area contributed by atoms with Gasteiger partial charge in [-0.25, -0.2) is 0 Å². The first-order chi connectivity index (χ1) is 7.67. The second kappa shape index (κ2) is 5.29. The molecule has 0 saturated carbocycles. The molecular weight excluding hydrogens is 230 g/mol. The summed E-state index contributed by atoms with van der Waals surface area (Å²) in [6.07, 6.45) is 0.514. The number of nitriles is 1. The van der Waals surface area contributed by atoms with E-state index in [0.717, 1.165) is 0 Å². The van der Waals surface area contributed by atoms with Crippen LogP contribution in [0, 0.1) is 11.3 Å². The lowest BCUT2D eigenvalue weighted by molar-refractivity contribution is 0.101. The third-order valence-electron chi connectivity index (χ3n) is 2.03. The summed E-state index contributed by atoms with van der Waals surface area (Å²) in [5, 5.41) is 8.76. The Balaban J connectivity index is 3.50. The summed E-state index contributed by atoms with van der Waals surface area (Å²) in [5.41, 5.74) is 0.476. The average Bonchev–Trinajstić information content (AvgIpc) is 2.35. The molecule has 0 aromatic heterocycles. The van der Waals surface area contributed by atoms with E-state index < -0.39 is 5.78 Å². The van der Waals surface area contributed by atoms with Crippen molar-refractivity contribution in [3.05, 3.63) is 28.8 Å². The lowest BCUT2D eigenvalue weighted by atomic mass is 10.0. The number of benzene rings is 1. The maximum atomic E-state index is 11.5. The van der Waals surface area contributed by atoms with Gasteiger partial charge in [-0.1, -0.05) is 0 Å². The van der Waals surface area contributed by atoms with Crippen molar-refractivity contribution in [1.82, 2.24) is 0 Å². The zero-order valence-corrected chi connectivity index (χ0v) is 9.25. The Labute approximate surface area is 97.4 Å². The molecular formula is C11H8ClNO3. The molecule has 0 spiro atoms. The fourth-order valence-corrected chi connectivity index (χ4v) is 1.43. The van der Waals surface area contributed by atoms with Crippen LogP contribution in [0.1, 0.15) is 26.3 Å². The molecule has 0 amide bonds. The van der Waals surface area contributed by atoms with Crippen LogP contribution >= 0.6 is 11.6 Å². The van der Waals surface area contributed by atoms with Crippen LogP contribution in [-0.4, -0.2) is 25.1 Å². The van der Waals surface area contributed by atoms with Gasteiger partial charge in [-0.15, -0.1) is 11.6 Å². The molecule has 0 atom stereocenters. The number of ketones is 1. The van der Waals surface area contributed by atoms with Crippen LogP contribution in [0.2, 0.25) is 0 Å². The van der Waals surface area contributed by atoms with Crippen LogP contribution < -0.4 is 4.74 Å². The van der Waals surface area contributed by atoms with Crippen molar-refractivity contribution in [2.24, 2.45) is 0 Å². The van der Waals surface area contributed by atoms with Gasteiger partial charge in [0.25, 0.3) is 0 Å². The Bertz CT molecular complexity index is 477. The number of methoxy groups -OCH3 is 1. The summed E-state index contributed by atoms with van der Waals surface area (Å²) in [6.45, 7) is 0. The maximum Gasteiger partial charge on any atom is 0.178 e. The summed E-state index contributed by atoms with van der Waals surface area (Å²) in [4.78, 5) is 22.3. The highest BCUT2D eigenvalue weighted by atomic mass is 35.5. The minimum Gasteiger partial charge on any atom is -0.496 e. The normalized spacial score (nSPS) is 9.31. The summed E-state index contributed by atoms with van der Waals surface area (Å²) >= 11 is 5.42. The maximum absolute atomic E-state index is 11.5. The molecule has 0 N–H and O–H groups in total. The van der Waals surface area contributed by atoms with Gasteiger partial charge >= 0.3 is 0 Å². The zero-order chi connectivity index (χ0) is 12.1. The Hall–Kier alpha value is -1.86. The topological polar surface area (TPSA) is 67.2 Å². The standard InChI is InChI=1S/C11H8ClNO3/c1-16-11-3-7(5-13)2-8(9(11)6-14)10(15)4-12/h2-3,6H,4H2,1H3. The third kappa shape index (κ3) is 2.20. The van der Waals surface area contributed by atoms with Gasteiger partial charge in [0, 0.05) is 5.56 Å². The van der Waals surface area contributed by atoms with Gasteiger partial charge in [-0.3, -0.25) is 9.59 Å². The minimum atomic E-state index is -0.417. The van der Waals surface area contributed by atoms with E-state index in [1.807, 2.05) is 6.07 Å². The Morgan fingerprint density at radius 1 is 1.62 bits per heavy atom. The first-order valence-corrected chi connectivity index (χ1v) is 4.87. The predicted octanol–water partition coefficient (Wildman–Crippen LogP) is 1.80. The molecule has 0 fully saturated rings. The Morgan fingerprint density at radius 3 is 2.75 bits per heavy atom. The van der Waals surface area contributed by atoms with Crippen LogP contribution in [0.5, 0.6) is 5.75 Å². The minimum absolute atomic E-state index is 0.112. The van der Waals surface area contributed by atoms with Gasteiger partial charge in [0.15, 0.2) is 12.1 Å². The predicted molar refractivity (Wildman–Crippen MR) is 58.1 cm³/mol. The SMILES string of the molecule is COc1cc(C#N)cc(C(=O)CCl)c1C=O. The molecule has 16 heavy (non-hydrogen) atoms. The van der Waals surface area contributed by atoms with E-state index in [0.29, 0.717) is 6.29 Å². The van der Waals surface area contributed by atoms with Crippen molar-refractivity contribution in [3.8, 4) is 11.8 Å². The monoisotopic (exact) mass is 237 g/mol. The molecule has 0 aliphatic heterocycles. The molecule has 0 heterocycles. The molecule has 4 nitrogen and oxygen atoms in total. The van der Waals surface area contributed by atoms with E-state index in [1.54, 1.807) is 0 Å². The number of halogens is 1.